The van der Waals surface area contributed by atoms with Crippen molar-refractivity contribution >= 4 is 0 Å². The molecule has 3 unspecified atom stereocenters. The molecule has 2 heteroatoms. The Morgan fingerprint density at radius 2 is 1.89 bits per heavy atom. The van der Waals surface area contributed by atoms with Crippen LogP contribution in [0.5, 0.6) is 0 Å². The normalized spacial score (nSPS) is 31.7. The maximum atomic E-state index is 3.43. The van der Waals surface area contributed by atoms with Crippen molar-refractivity contribution in [3.05, 3.63) is 0 Å². The molecule has 0 aromatic carbocycles. The minimum atomic E-state index is 0.461. The lowest BCUT2D eigenvalue weighted by Gasteiger charge is -2.47. The predicted octanol–water partition coefficient (Wildman–Crippen LogP) is 3.67. The van der Waals surface area contributed by atoms with Crippen molar-refractivity contribution in [1.82, 2.24) is 10.2 Å². The molecule has 0 aromatic heterocycles. The SMILES string of the molecule is CCCC(C)(CNC)CN1CCCC2CCCCC21. The fourth-order valence-corrected chi connectivity index (χ4v) is 4.67. The zero-order valence-electron chi connectivity index (χ0n) is 13.4. The number of nitrogens with zero attached hydrogens (tertiary/aromatic N) is 1. The summed E-state index contributed by atoms with van der Waals surface area (Å²) in [7, 11) is 2.10. The molecule has 0 bridgehead atoms. The summed E-state index contributed by atoms with van der Waals surface area (Å²) in [6.45, 7) is 8.63. The Morgan fingerprint density at radius 1 is 1.16 bits per heavy atom. The van der Waals surface area contributed by atoms with Gasteiger partial charge in [0.25, 0.3) is 0 Å². The largest absolute Gasteiger partial charge is 0.319 e. The van der Waals surface area contributed by atoms with E-state index >= 15 is 0 Å². The molecular formula is C17H34N2. The molecule has 1 N–H and O–H groups in total. The smallest absolute Gasteiger partial charge is 0.0124 e. The molecule has 1 saturated carbocycles. The third kappa shape index (κ3) is 3.95. The Morgan fingerprint density at radius 3 is 2.63 bits per heavy atom. The zero-order valence-corrected chi connectivity index (χ0v) is 13.4. The van der Waals surface area contributed by atoms with E-state index in [0.717, 1.165) is 18.5 Å². The van der Waals surface area contributed by atoms with E-state index in [1.54, 1.807) is 0 Å². The van der Waals surface area contributed by atoms with Crippen molar-refractivity contribution in [2.45, 2.75) is 71.3 Å². The average Bonchev–Trinajstić information content (AvgIpc) is 2.39. The van der Waals surface area contributed by atoms with Crippen LogP contribution in [0.3, 0.4) is 0 Å². The lowest BCUT2D eigenvalue weighted by Crippen LogP contribution is -2.52. The first-order chi connectivity index (χ1) is 9.18. The van der Waals surface area contributed by atoms with Gasteiger partial charge in [-0.2, -0.15) is 0 Å². The van der Waals surface area contributed by atoms with Crippen molar-refractivity contribution in [1.29, 1.82) is 0 Å². The second-order valence-electron chi connectivity index (χ2n) is 7.32. The standard InChI is InChI=1S/C17H34N2/c1-4-11-17(2,13-18-3)14-19-12-7-9-15-8-5-6-10-16(15)19/h15-16,18H,4-14H2,1-3H3. The van der Waals surface area contributed by atoms with Gasteiger partial charge in [0.15, 0.2) is 0 Å². The third-order valence-electron chi connectivity index (χ3n) is 5.40. The minimum absolute atomic E-state index is 0.461. The van der Waals surface area contributed by atoms with Gasteiger partial charge >= 0.3 is 0 Å². The molecule has 2 fully saturated rings. The van der Waals surface area contributed by atoms with Crippen molar-refractivity contribution in [2.75, 3.05) is 26.7 Å². The van der Waals surface area contributed by atoms with Crippen LogP contribution in [-0.2, 0) is 0 Å². The number of piperidine rings is 1. The van der Waals surface area contributed by atoms with Crippen LogP contribution in [-0.4, -0.2) is 37.6 Å². The molecule has 0 aromatic rings. The van der Waals surface area contributed by atoms with Crippen LogP contribution in [0.4, 0.5) is 0 Å². The first kappa shape index (κ1) is 15.3. The summed E-state index contributed by atoms with van der Waals surface area (Å²) in [6, 6.07) is 0.913. The van der Waals surface area contributed by atoms with E-state index in [0.29, 0.717) is 5.41 Å². The van der Waals surface area contributed by atoms with Gasteiger partial charge in [-0.1, -0.05) is 33.1 Å². The van der Waals surface area contributed by atoms with E-state index < -0.39 is 0 Å². The lowest BCUT2D eigenvalue weighted by molar-refractivity contribution is 0.0256. The van der Waals surface area contributed by atoms with Gasteiger partial charge in [0.1, 0.15) is 0 Å². The first-order valence-corrected chi connectivity index (χ1v) is 8.57. The highest BCUT2D eigenvalue weighted by Crippen LogP contribution is 2.37. The highest BCUT2D eigenvalue weighted by molar-refractivity contribution is 4.91. The Bertz CT molecular complexity index is 256. The summed E-state index contributed by atoms with van der Waals surface area (Å²) >= 11 is 0. The highest BCUT2D eigenvalue weighted by Gasteiger charge is 2.36. The molecule has 2 rings (SSSR count). The summed E-state index contributed by atoms with van der Waals surface area (Å²) in [5.74, 6) is 1.02. The Kier molecular flexibility index (Phi) is 5.70. The third-order valence-corrected chi connectivity index (χ3v) is 5.40. The predicted molar refractivity (Wildman–Crippen MR) is 83.5 cm³/mol. The van der Waals surface area contributed by atoms with Crippen molar-refractivity contribution in [3.8, 4) is 0 Å². The molecule has 1 aliphatic heterocycles. The first-order valence-electron chi connectivity index (χ1n) is 8.57. The summed E-state index contributed by atoms with van der Waals surface area (Å²) in [5, 5.41) is 3.43. The number of fused-ring (bicyclic) bond motifs is 1. The van der Waals surface area contributed by atoms with Crippen LogP contribution in [0.15, 0.2) is 0 Å². The minimum Gasteiger partial charge on any atom is -0.319 e. The van der Waals surface area contributed by atoms with Crippen molar-refractivity contribution < 1.29 is 0 Å². The van der Waals surface area contributed by atoms with E-state index in [1.807, 2.05) is 0 Å². The number of likely N-dealkylation sites (tertiary alicyclic amines) is 1. The Balaban J connectivity index is 1.98. The van der Waals surface area contributed by atoms with E-state index in [2.05, 4.69) is 31.1 Å². The molecule has 2 nitrogen and oxygen atoms in total. The highest BCUT2D eigenvalue weighted by atomic mass is 15.2. The summed E-state index contributed by atoms with van der Waals surface area (Å²) in [4.78, 5) is 2.86. The van der Waals surface area contributed by atoms with Crippen LogP contribution in [0.25, 0.3) is 0 Å². The monoisotopic (exact) mass is 266 g/mol. The fraction of sp³-hybridized carbons (Fsp3) is 1.00. The van der Waals surface area contributed by atoms with Gasteiger partial charge in [0.05, 0.1) is 0 Å². The second-order valence-corrected chi connectivity index (χ2v) is 7.32. The quantitative estimate of drug-likeness (QED) is 0.789. The molecular weight excluding hydrogens is 232 g/mol. The molecule has 3 atom stereocenters. The molecule has 0 radical (unpaired) electrons. The van der Waals surface area contributed by atoms with E-state index in [1.165, 1.54) is 64.5 Å². The maximum Gasteiger partial charge on any atom is 0.0124 e. The summed E-state index contributed by atoms with van der Waals surface area (Å²) < 4.78 is 0. The Hall–Kier alpha value is -0.0800. The molecule has 1 heterocycles. The average molecular weight is 266 g/mol. The van der Waals surface area contributed by atoms with Crippen LogP contribution >= 0.6 is 0 Å². The number of nitrogens with one attached hydrogen (secondary N) is 1. The molecule has 19 heavy (non-hydrogen) atoms. The molecule has 0 amide bonds. The number of hydrogen-bond donors (Lipinski definition) is 1. The fourth-order valence-electron chi connectivity index (χ4n) is 4.67. The van der Waals surface area contributed by atoms with E-state index in [4.69, 9.17) is 0 Å². The second kappa shape index (κ2) is 7.08. The maximum absolute atomic E-state index is 3.43. The molecule has 112 valence electrons. The van der Waals surface area contributed by atoms with Gasteiger partial charge < -0.3 is 5.32 Å². The summed E-state index contributed by atoms with van der Waals surface area (Å²) in [5.41, 5.74) is 0.461. The molecule has 2 aliphatic rings. The number of rotatable bonds is 6. The van der Waals surface area contributed by atoms with Crippen molar-refractivity contribution in [3.63, 3.8) is 0 Å². The van der Waals surface area contributed by atoms with Crippen molar-refractivity contribution in [2.24, 2.45) is 11.3 Å². The van der Waals surface area contributed by atoms with E-state index in [-0.39, 0.29) is 0 Å². The van der Waals surface area contributed by atoms with Gasteiger partial charge in [0.2, 0.25) is 0 Å². The van der Waals surface area contributed by atoms with Gasteiger partial charge in [0, 0.05) is 19.1 Å². The Labute approximate surface area is 120 Å². The lowest BCUT2D eigenvalue weighted by atomic mass is 9.76. The topological polar surface area (TPSA) is 15.3 Å². The number of hydrogen-bond acceptors (Lipinski definition) is 2. The van der Waals surface area contributed by atoms with Gasteiger partial charge in [-0.3, -0.25) is 4.90 Å². The van der Waals surface area contributed by atoms with Crippen LogP contribution in [0, 0.1) is 11.3 Å². The van der Waals surface area contributed by atoms with Gasteiger partial charge in [-0.05, 0) is 57.0 Å². The van der Waals surface area contributed by atoms with Crippen LogP contribution in [0.2, 0.25) is 0 Å². The molecule has 1 aliphatic carbocycles. The van der Waals surface area contributed by atoms with Crippen LogP contribution < -0.4 is 5.32 Å². The molecule has 0 spiro atoms. The van der Waals surface area contributed by atoms with Crippen LogP contribution in [0.1, 0.15) is 65.2 Å². The van der Waals surface area contributed by atoms with Gasteiger partial charge in [-0.15, -0.1) is 0 Å². The van der Waals surface area contributed by atoms with E-state index in [9.17, 15) is 0 Å². The summed E-state index contributed by atoms with van der Waals surface area (Å²) in [6.07, 6.45) is 11.5. The van der Waals surface area contributed by atoms with Gasteiger partial charge in [-0.25, -0.2) is 0 Å². The zero-order chi connectivity index (χ0) is 13.7. The molecule has 1 saturated heterocycles.